The highest BCUT2D eigenvalue weighted by Crippen LogP contribution is 2.35. The molecule has 6 nitrogen and oxygen atoms in total. The molecule has 3 rings (SSSR count). The lowest BCUT2D eigenvalue weighted by atomic mass is 10.1. The molecule has 0 aliphatic carbocycles. The van der Waals surface area contributed by atoms with E-state index in [0.717, 1.165) is 46.6 Å². The van der Waals surface area contributed by atoms with E-state index in [1.807, 2.05) is 0 Å². The van der Waals surface area contributed by atoms with Crippen molar-refractivity contribution in [3.05, 3.63) is 65.0 Å². The van der Waals surface area contributed by atoms with E-state index in [4.69, 9.17) is 11.5 Å². The number of nitrogens with two attached hydrogens (primary N) is 2. The number of guanidine groups is 1. The van der Waals surface area contributed by atoms with E-state index >= 15 is 0 Å². The minimum Gasteiger partial charge on any atom is -0.370 e. The molecule has 0 saturated carbocycles. The van der Waals surface area contributed by atoms with Crippen molar-refractivity contribution in [2.75, 3.05) is 11.4 Å². The average Bonchev–Trinajstić information content (AvgIpc) is 3.15. The molecule has 0 aliphatic rings. The van der Waals surface area contributed by atoms with E-state index in [0.29, 0.717) is 6.07 Å². The normalized spacial score (nSPS) is 10.9. The van der Waals surface area contributed by atoms with Crippen LogP contribution in [0.4, 0.5) is 32.8 Å². The monoisotopic (exact) mass is 491 g/mol. The van der Waals surface area contributed by atoms with Crippen molar-refractivity contribution in [2.45, 2.75) is 6.18 Å². The summed E-state index contributed by atoms with van der Waals surface area (Å²) in [4.78, 5) is 21.5. The predicted octanol–water partition coefficient (Wildman–Crippen LogP) is 4.47. The first-order valence-electron chi connectivity index (χ1n) is 8.53. The van der Waals surface area contributed by atoms with Crippen LogP contribution in [0.1, 0.15) is 5.56 Å². The van der Waals surface area contributed by atoms with Gasteiger partial charge >= 0.3 is 6.18 Å². The molecule has 0 fully saturated rings. The summed E-state index contributed by atoms with van der Waals surface area (Å²) >= 11 is 0.933. The number of rotatable bonds is 5. The van der Waals surface area contributed by atoms with Crippen LogP contribution < -0.4 is 16.4 Å². The van der Waals surface area contributed by atoms with Gasteiger partial charge in [-0.3, -0.25) is 9.69 Å². The van der Waals surface area contributed by atoms with E-state index in [-0.39, 0.29) is 40.4 Å². The van der Waals surface area contributed by atoms with Gasteiger partial charge in [0, 0.05) is 17.0 Å². The average molecular weight is 492 g/mol. The van der Waals surface area contributed by atoms with Crippen molar-refractivity contribution in [1.29, 1.82) is 0 Å². The van der Waals surface area contributed by atoms with Gasteiger partial charge in [-0.1, -0.05) is 0 Å². The number of anilines is 2. The third-order valence-corrected chi connectivity index (χ3v) is 4.82. The van der Waals surface area contributed by atoms with Crippen molar-refractivity contribution in [3.8, 4) is 11.3 Å². The summed E-state index contributed by atoms with van der Waals surface area (Å²) in [5, 5.41) is 1.46. The minimum atomic E-state index is -4.56. The molecular formula is C19H15ClF5N5OS. The van der Waals surface area contributed by atoms with Gasteiger partial charge in [-0.05, 0) is 36.4 Å². The molecule has 3 aromatic rings. The fourth-order valence-corrected chi connectivity index (χ4v) is 3.44. The van der Waals surface area contributed by atoms with Crippen molar-refractivity contribution >= 4 is 46.4 Å². The van der Waals surface area contributed by atoms with E-state index in [1.54, 1.807) is 0 Å². The van der Waals surface area contributed by atoms with Crippen LogP contribution in [0.3, 0.4) is 0 Å². The van der Waals surface area contributed by atoms with Crippen molar-refractivity contribution < 1.29 is 26.7 Å². The molecule has 0 atom stereocenters. The number of hydrogen-bond donors (Lipinski definition) is 2. The Labute approximate surface area is 188 Å². The van der Waals surface area contributed by atoms with E-state index in [2.05, 4.69) is 9.98 Å². The molecule has 0 spiro atoms. The Morgan fingerprint density at radius 2 is 1.75 bits per heavy atom. The van der Waals surface area contributed by atoms with E-state index < -0.39 is 35.8 Å². The molecule has 1 amide bonds. The van der Waals surface area contributed by atoms with Crippen LogP contribution in [0, 0.1) is 11.6 Å². The lowest BCUT2D eigenvalue weighted by Crippen LogP contribution is -2.31. The summed E-state index contributed by atoms with van der Waals surface area (Å²) in [6, 6.07) is 6.73. The molecular weight excluding hydrogens is 477 g/mol. The summed E-state index contributed by atoms with van der Waals surface area (Å²) < 4.78 is 65.9. The molecule has 0 unspecified atom stereocenters. The van der Waals surface area contributed by atoms with Crippen LogP contribution in [0.5, 0.6) is 0 Å². The number of carbonyl (C=O) groups excluding carboxylic acids is 1. The Kier molecular flexibility index (Phi) is 7.75. The van der Waals surface area contributed by atoms with Gasteiger partial charge in [0.1, 0.15) is 18.2 Å². The van der Waals surface area contributed by atoms with Gasteiger partial charge in [0.15, 0.2) is 11.1 Å². The molecule has 1 heterocycles. The lowest BCUT2D eigenvalue weighted by Gasteiger charge is -2.20. The second-order valence-electron chi connectivity index (χ2n) is 6.15. The van der Waals surface area contributed by atoms with Gasteiger partial charge in [0.25, 0.3) is 5.91 Å². The Morgan fingerprint density at radius 3 is 2.31 bits per heavy atom. The summed E-state index contributed by atoms with van der Waals surface area (Å²) in [7, 11) is 0. The number of carbonyl (C=O) groups is 1. The van der Waals surface area contributed by atoms with E-state index in [1.165, 1.54) is 11.4 Å². The highest BCUT2D eigenvalue weighted by molar-refractivity contribution is 7.14. The number of thiazole rings is 1. The second kappa shape index (κ2) is 9.92. The smallest absolute Gasteiger partial charge is 0.370 e. The molecule has 0 bridgehead atoms. The third-order valence-electron chi connectivity index (χ3n) is 3.99. The molecule has 13 heteroatoms. The number of amides is 1. The van der Waals surface area contributed by atoms with Crippen LogP contribution in [-0.4, -0.2) is 23.4 Å². The molecule has 0 saturated heterocycles. The van der Waals surface area contributed by atoms with Crippen molar-refractivity contribution in [1.82, 2.24) is 4.98 Å². The van der Waals surface area contributed by atoms with Crippen molar-refractivity contribution in [3.63, 3.8) is 0 Å². The zero-order valence-corrected chi connectivity index (χ0v) is 17.6. The zero-order chi connectivity index (χ0) is 22.8. The van der Waals surface area contributed by atoms with Crippen LogP contribution in [0.2, 0.25) is 0 Å². The van der Waals surface area contributed by atoms with Crippen molar-refractivity contribution in [2.24, 2.45) is 16.5 Å². The topological polar surface area (TPSA) is 97.6 Å². The number of aromatic nitrogens is 1. The lowest BCUT2D eigenvalue weighted by molar-refractivity contribution is -0.137. The SMILES string of the molecule is Cl.NC(N)=NCC(=O)N(c1ccc(C(F)(F)F)cc1)c1nc(-c2ccc(F)cc2F)cs1. The highest BCUT2D eigenvalue weighted by atomic mass is 35.5. The molecule has 32 heavy (non-hydrogen) atoms. The first-order valence-corrected chi connectivity index (χ1v) is 9.41. The summed E-state index contributed by atoms with van der Waals surface area (Å²) in [6.07, 6.45) is -4.56. The van der Waals surface area contributed by atoms with Gasteiger partial charge in [0.05, 0.1) is 16.9 Å². The largest absolute Gasteiger partial charge is 0.416 e. The van der Waals surface area contributed by atoms with Crippen LogP contribution in [0.15, 0.2) is 52.8 Å². The first kappa shape index (κ1) is 25.0. The number of benzene rings is 2. The third kappa shape index (κ3) is 5.71. The second-order valence-corrected chi connectivity index (χ2v) is 6.99. The van der Waals surface area contributed by atoms with Crippen LogP contribution in [-0.2, 0) is 11.0 Å². The number of hydrogen-bond acceptors (Lipinski definition) is 4. The van der Waals surface area contributed by atoms with Gasteiger partial charge < -0.3 is 11.5 Å². The van der Waals surface area contributed by atoms with Gasteiger partial charge in [-0.2, -0.15) is 13.2 Å². The number of aliphatic imine (C=N–C) groups is 1. The molecule has 0 aliphatic heterocycles. The Balaban J connectivity index is 0.00000363. The molecule has 1 aromatic heterocycles. The fourth-order valence-electron chi connectivity index (χ4n) is 2.58. The molecule has 2 aromatic carbocycles. The maximum Gasteiger partial charge on any atom is 0.416 e. The standard InChI is InChI=1S/C19H14F5N5OS.ClH/c20-11-3-6-13(14(21)7-11)15-9-31-18(28-15)29(16(30)8-27-17(25)26)12-4-1-10(2-5-12)19(22,23)24;/h1-7,9H,8H2,(H4,25,26,27);1H. The number of nitrogens with zero attached hydrogens (tertiary/aromatic N) is 3. The van der Waals surface area contributed by atoms with Crippen LogP contribution in [0.25, 0.3) is 11.3 Å². The van der Waals surface area contributed by atoms with E-state index in [9.17, 15) is 26.7 Å². The maximum atomic E-state index is 14.1. The molecule has 4 N–H and O–H groups in total. The maximum absolute atomic E-state index is 14.1. The number of halogens is 6. The predicted molar refractivity (Wildman–Crippen MR) is 114 cm³/mol. The fraction of sp³-hybridized carbons (Fsp3) is 0.105. The van der Waals surface area contributed by atoms with Gasteiger partial charge in [-0.25, -0.2) is 18.8 Å². The zero-order valence-electron chi connectivity index (χ0n) is 15.9. The summed E-state index contributed by atoms with van der Waals surface area (Å²) in [5.41, 5.74) is 9.76. The van der Waals surface area contributed by atoms with Crippen LogP contribution >= 0.6 is 23.7 Å². The highest BCUT2D eigenvalue weighted by Gasteiger charge is 2.31. The Bertz CT molecular complexity index is 1130. The van der Waals surface area contributed by atoms with Gasteiger partial charge in [-0.15, -0.1) is 23.7 Å². The first-order chi connectivity index (χ1) is 14.6. The number of alkyl halides is 3. The molecule has 170 valence electrons. The summed E-state index contributed by atoms with van der Waals surface area (Å²) in [5.74, 6) is -2.66. The summed E-state index contributed by atoms with van der Waals surface area (Å²) in [6.45, 7) is -0.497. The molecule has 0 radical (unpaired) electrons. The Morgan fingerprint density at radius 1 is 1.09 bits per heavy atom. The Hall–Kier alpha value is -3.25. The minimum absolute atomic E-state index is 0. The quantitative estimate of drug-likeness (QED) is 0.312. The van der Waals surface area contributed by atoms with Gasteiger partial charge in [0.2, 0.25) is 0 Å².